The van der Waals surface area contributed by atoms with E-state index < -0.39 is 17.2 Å². The fraction of sp³-hybridized carbons (Fsp3) is 0.421. The summed E-state index contributed by atoms with van der Waals surface area (Å²) in [6, 6.07) is 7.95. The lowest BCUT2D eigenvalue weighted by molar-refractivity contribution is 0.0462. The van der Waals surface area contributed by atoms with Crippen LogP contribution in [0.25, 0.3) is 0 Å². The van der Waals surface area contributed by atoms with Crippen molar-refractivity contribution in [1.29, 1.82) is 0 Å². The first-order valence-corrected chi connectivity index (χ1v) is 8.45. The molecule has 0 saturated carbocycles. The van der Waals surface area contributed by atoms with Crippen molar-refractivity contribution in [2.45, 2.75) is 26.9 Å². The van der Waals surface area contributed by atoms with Gasteiger partial charge in [0.2, 0.25) is 0 Å². The van der Waals surface area contributed by atoms with Gasteiger partial charge in [-0.1, -0.05) is 13.8 Å². The molecule has 0 radical (unpaired) electrons. The number of hydrogen-bond donors (Lipinski definition) is 0. The van der Waals surface area contributed by atoms with Gasteiger partial charge in [0, 0.05) is 20.2 Å². The van der Waals surface area contributed by atoms with Gasteiger partial charge in [0.1, 0.15) is 12.4 Å². The monoisotopic (exact) mass is 360 g/mol. The number of carbonyl (C=O) groups excluding carboxylic acids is 1. The van der Waals surface area contributed by atoms with E-state index in [0.717, 1.165) is 11.0 Å². The van der Waals surface area contributed by atoms with Crippen LogP contribution in [0, 0.1) is 5.92 Å². The molecule has 7 nitrogen and oxygen atoms in total. The van der Waals surface area contributed by atoms with E-state index in [4.69, 9.17) is 9.47 Å². The first kappa shape index (κ1) is 19.5. The second kappa shape index (κ2) is 8.51. The largest absolute Gasteiger partial charge is 0.494 e. The Labute approximate surface area is 151 Å². The third-order valence-electron chi connectivity index (χ3n) is 4.03. The summed E-state index contributed by atoms with van der Waals surface area (Å²) in [5.41, 5.74) is -0.205. The fourth-order valence-electron chi connectivity index (χ4n) is 2.24. The molecule has 0 N–H and O–H groups in total. The fourth-order valence-corrected chi connectivity index (χ4v) is 2.24. The number of aromatic nitrogens is 2. The Hall–Kier alpha value is -2.83. The Kier molecular flexibility index (Phi) is 6.38. The Morgan fingerprint density at radius 2 is 1.73 bits per heavy atom. The highest BCUT2D eigenvalue weighted by atomic mass is 16.5. The first-order chi connectivity index (χ1) is 12.3. The quantitative estimate of drug-likeness (QED) is 0.704. The van der Waals surface area contributed by atoms with Crippen molar-refractivity contribution in [3.05, 3.63) is 62.4 Å². The molecular formula is C19H24N2O5. The van der Waals surface area contributed by atoms with Crippen molar-refractivity contribution >= 4 is 5.97 Å². The lowest BCUT2D eigenvalue weighted by atomic mass is 10.1. The predicted octanol–water partition coefficient (Wildman–Crippen LogP) is 1.87. The van der Waals surface area contributed by atoms with Gasteiger partial charge in [0.15, 0.2) is 0 Å². The van der Waals surface area contributed by atoms with E-state index in [1.165, 1.54) is 24.7 Å². The van der Waals surface area contributed by atoms with E-state index in [1.54, 1.807) is 24.3 Å². The molecule has 26 heavy (non-hydrogen) atoms. The molecule has 7 heteroatoms. The average Bonchev–Trinajstić information content (AvgIpc) is 2.62. The Morgan fingerprint density at radius 3 is 2.35 bits per heavy atom. The average molecular weight is 360 g/mol. The molecule has 0 unspecified atom stereocenters. The summed E-state index contributed by atoms with van der Waals surface area (Å²) in [5.74, 6) is 0.720. The van der Waals surface area contributed by atoms with Gasteiger partial charge in [-0.15, -0.1) is 0 Å². The molecule has 2 rings (SSSR count). The SMILES string of the molecule is CC(C)CCOc1ccc(C(=O)OCc2cc(=O)n(C)c(=O)n2C)cc1. The maximum atomic E-state index is 12.1. The first-order valence-electron chi connectivity index (χ1n) is 8.45. The van der Waals surface area contributed by atoms with E-state index in [1.807, 2.05) is 0 Å². The summed E-state index contributed by atoms with van der Waals surface area (Å²) in [6.45, 7) is 4.72. The number of nitrogens with zero attached hydrogens (tertiary/aromatic N) is 2. The Bertz CT molecular complexity index is 878. The highest BCUT2D eigenvalue weighted by Crippen LogP contribution is 2.14. The molecule has 0 aliphatic rings. The Balaban J connectivity index is 1.98. The number of carbonyl (C=O) groups is 1. The maximum absolute atomic E-state index is 12.1. The van der Waals surface area contributed by atoms with Crippen LogP contribution >= 0.6 is 0 Å². The van der Waals surface area contributed by atoms with Gasteiger partial charge < -0.3 is 9.47 Å². The van der Waals surface area contributed by atoms with Crippen molar-refractivity contribution in [2.24, 2.45) is 20.0 Å². The summed E-state index contributed by atoms with van der Waals surface area (Å²) < 4.78 is 13.1. The van der Waals surface area contributed by atoms with Crippen molar-refractivity contribution in [3.63, 3.8) is 0 Å². The highest BCUT2D eigenvalue weighted by Gasteiger charge is 2.11. The van der Waals surface area contributed by atoms with Crippen LogP contribution in [0.5, 0.6) is 5.75 Å². The number of benzene rings is 1. The normalized spacial score (nSPS) is 10.8. The molecule has 0 bridgehead atoms. The van der Waals surface area contributed by atoms with Gasteiger partial charge in [-0.25, -0.2) is 9.59 Å². The summed E-state index contributed by atoms with van der Waals surface area (Å²) in [4.78, 5) is 35.7. The second-order valence-electron chi connectivity index (χ2n) is 6.51. The molecule has 1 heterocycles. The van der Waals surface area contributed by atoms with Crippen LogP contribution in [0.1, 0.15) is 36.3 Å². The van der Waals surface area contributed by atoms with Crippen LogP contribution < -0.4 is 16.0 Å². The molecule has 0 atom stereocenters. The highest BCUT2D eigenvalue weighted by molar-refractivity contribution is 5.89. The van der Waals surface area contributed by atoms with Crippen LogP contribution in [-0.4, -0.2) is 21.7 Å². The lowest BCUT2D eigenvalue weighted by Crippen LogP contribution is -2.38. The van der Waals surface area contributed by atoms with Crippen LogP contribution in [0.15, 0.2) is 39.9 Å². The minimum absolute atomic E-state index is 0.159. The van der Waals surface area contributed by atoms with Crippen molar-refractivity contribution in [3.8, 4) is 5.75 Å². The van der Waals surface area contributed by atoms with Crippen LogP contribution in [-0.2, 0) is 25.4 Å². The molecule has 1 aromatic carbocycles. The van der Waals surface area contributed by atoms with Crippen molar-refractivity contribution < 1.29 is 14.3 Å². The van der Waals surface area contributed by atoms with Gasteiger partial charge in [0.25, 0.3) is 5.56 Å². The van der Waals surface area contributed by atoms with Crippen LogP contribution in [0.4, 0.5) is 0 Å². The molecule has 0 amide bonds. The summed E-state index contributed by atoms with van der Waals surface area (Å²) in [5, 5.41) is 0. The second-order valence-corrected chi connectivity index (χ2v) is 6.51. The Morgan fingerprint density at radius 1 is 1.08 bits per heavy atom. The summed E-state index contributed by atoms with van der Waals surface area (Å²) in [6.07, 6.45) is 0.957. The van der Waals surface area contributed by atoms with Crippen molar-refractivity contribution in [1.82, 2.24) is 9.13 Å². The molecule has 1 aromatic heterocycles. The standard InChI is InChI=1S/C19H24N2O5/c1-13(2)9-10-25-16-7-5-14(6-8-16)18(23)26-12-15-11-17(22)21(4)19(24)20(15)3/h5-8,11,13H,9-10,12H2,1-4H3. The lowest BCUT2D eigenvalue weighted by Gasteiger charge is -2.11. The molecule has 140 valence electrons. The van der Waals surface area contributed by atoms with E-state index in [9.17, 15) is 14.4 Å². The van der Waals surface area contributed by atoms with Gasteiger partial charge in [-0.05, 0) is 36.6 Å². The predicted molar refractivity (Wildman–Crippen MR) is 97.4 cm³/mol. The van der Waals surface area contributed by atoms with Crippen LogP contribution in [0.3, 0.4) is 0 Å². The minimum Gasteiger partial charge on any atom is -0.494 e. The zero-order chi connectivity index (χ0) is 19.3. The smallest absolute Gasteiger partial charge is 0.338 e. The minimum atomic E-state index is -0.535. The maximum Gasteiger partial charge on any atom is 0.338 e. The van der Waals surface area contributed by atoms with Gasteiger partial charge >= 0.3 is 11.7 Å². The molecule has 0 spiro atoms. The zero-order valence-corrected chi connectivity index (χ0v) is 15.5. The summed E-state index contributed by atoms with van der Waals surface area (Å²) >= 11 is 0. The molecule has 0 aliphatic carbocycles. The zero-order valence-electron chi connectivity index (χ0n) is 15.5. The third-order valence-corrected chi connectivity index (χ3v) is 4.03. The number of ether oxygens (including phenoxy) is 2. The van der Waals surface area contributed by atoms with Gasteiger partial charge in [-0.2, -0.15) is 0 Å². The molecule has 0 saturated heterocycles. The number of rotatable bonds is 7. The summed E-state index contributed by atoms with van der Waals surface area (Å²) in [7, 11) is 2.92. The van der Waals surface area contributed by atoms with Gasteiger partial charge in [0.05, 0.1) is 17.9 Å². The van der Waals surface area contributed by atoms with Gasteiger partial charge in [-0.3, -0.25) is 13.9 Å². The van der Waals surface area contributed by atoms with Crippen molar-refractivity contribution in [2.75, 3.05) is 6.61 Å². The number of hydrogen-bond acceptors (Lipinski definition) is 5. The van der Waals surface area contributed by atoms with E-state index in [2.05, 4.69) is 13.8 Å². The number of esters is 1. The van der Waals surface area contributed by atoms with E-state index >= 15 is 0 Å². The van der Waals surface area contributed by atoms with Crippen LogP contribution in [0.2, 0.25) is 0 Å². The van der Waals surface area contributed by atoms with E-state index in [0.29, 0.717) is 29.5 Å². The topological polar surface area (TPSA) is 79.5 Å². The molecular weight excluding hydrogens is 336 g/mol. The van der Waals surface area contributed by atoms with E-state index in [-0.39, 0.29) is 6.61 Å². The third kappa shape index (κ3) is 4.84. The molecule has 0 aliphatic heterocycles. The molecule has 2 aromatic rings. The molecule has 0 fully saturated rings.